The molecule has 1 amide bonds. The smallest absolute Gasteiger partial charge is 0.260 e. The zero-order valence-corrected chi connectivity index (χ0v) is 15.1. The van der Waals surface area contributed by atoms with Crippen LogP contribution in [0.4, 0.5) is 0 Å². The fraction of sp³-hybridized carbons (Fsp3) is 0.611. The van der Waals surface area contributed by atoms with Crippen molar-refractivity contribution in [2.75, 3.05) is 19.6 Å². The average molecular weight is 341 g/mol. The molecule has 0 radical (unpaired) electrons. The lowest BCUT2D eigenvalue weighted by Crippen LogP contribution is -2.37. The van der Waals surface area contributed by atoms with E-state index in [0.29, 0.717) is 11.8 Å². The Balaban J connectivity index is 0.00000264. The molecule has 0 spiro atoms. The van der Waals surface area contributed by atoms with Gasteiger partial charge in [-0.25, -0.2) is 0 Å². The number of rotatable bonds is 7. The molecule has 130 valence electrons. The fourth-order valence-corrected chi connectivity index (χ4v) is 2.71. The molecular weight excluding hydrogens is 312 g/mol. The standard InChI is InChI=1S/C18H28N2O2.ClH/c1-13(2)16-5-4-6-17(11-16)22-14(3)18(21)20-10-8-15-7-9-19-12-15;/h4-6,11,13-15,19H,7-10,12H2,1-3H3,(H,20,21);1H. The lowest BCUT2D eigenvalue weighted by atomic mass is 10.0. The molecule has 2 atom stereocenters. The quantitative estimate of drug-likeness (QED) is 0.801. The molecule has 23 heavy (non-hydrogen) atoms. The van der Waals surface area contributed by atoms with Crippen LogP contribution in [0.1, 0.15) is 45.1 Å². The third-order valence-corrected chi connectivity index (χ3v) is 4.22. The summed E-state index contributed by atoms with van der Waals surface area (Å²) in [7, 11) is 0. The predicted molar refractivity (Wildman–Crippen MR) is 96.5 cm³/mol. The predicted octanol–water partition coefficient (Wildman–Crippen LogP) is 3.11. The molecule has 5 heteroatoms. The summed E-state index contributed by atoms with van der Waals surface area (Å²) in [5, 5.41) is 6.32. The number of carbonyl (C=O) groups is 1. The van der Waals surface area contributed by atoms with Crippen LogP contribution in [0, 0.1) is 5.92 Å². The minimum absolute atomic E-state index is 0. The number of hydrogen-bond donors (Lipinski definition) is 2. The molecule has 1 aromatic rings. The summed E-state index contributed by atoms with van der Waals surface area (Å²) in [6, 6.07) is 7.97. The lowest BCUT2D eigenvalue weighted by Gasteiger charge is -2.16. The summed E-state index contributed by atoms with van der Waals surface area (Å²) in [6.45, 7) is 8.99. The van der Waals surface area contributed by atoms with Crippen molar-refractivity contribution in [1.82, 2.24) is 10.6 Å². The van der Waals surface area contributed by atoms with Crippen LogP contribution in [-0.2, 0) is 4.79 Å². The van der Waals surface area contributed by atoms with Crippen molar-refractivity contribution in [1.29, 1.82) is 0 Å². The molecule has 1 fully saturated rings. The van der Waals surface area contributed by atoms with Crippen LogP contribution < -0.4 is 15.4 Å². The monoisotopic (exact) mass is 340 g/mol. The average Bonchev–Trinajstić information content (AvgIpc) is 3.00. The second-order valence-electron chi connectivity index (χ2n) is 6.43. The van der Waals surface area contributed by atoms with Crippen molar-refractivity contribution >= 4 is 18.3 Å². The SMILES string of the molecule is CC(Oc1cccc(C(C)C)c1)C(=O)NCCC1CCNC1.Cl. The number of amides is 1. The Morgan fingerprint density at radius 1 is 1.39 bits per heavy atom. The molecule has 0 aromatic heterocycles. The maximum atomic E-state index is 12.1. The first kappa shape index (κ1) is 19.8. The van der Waals surface area contributed by atoms with Gasteiger partial charge < -0.3 is 15.4 Å². The van der Waals surface area contributed by atoms with Crippen molar-refractivity contribution in [3.63, 3.8) is 0 Å². The molecule has 2 rings (SSSR count). The van der Waals surface area contributed by atoms with E-state index >= 15 is 0 Å². The van der Waals surface area contributed by atoms with E-state index in [1.165, 1.54) is 12.0 Å². The number of nitrogens with one attached hydrogen (secondary N) is 2. The molecule has 4 nitrogen and oxygen atoms in total. The first-order valence-electron chi connectivity index (χ1n) is 8.31. The van der Waals surface area contributed by atoms with Crippen LogP contribution in [0.15, 0.2) is 24.3 Å². The summed E-state index contributed by atoms with van der Waals surface area (Å²) in [5.74, 6) is 1.86. The van der Waals surface area contributed by atoms with Gasteiger partial charge in [0.2, 0.25) is 0 Å². The summed E-state index contributed by atoms with van der Waals surface area (Å²) in [6.07, 6.45) is 1.78. The Morgan fingerprint density at radius 2 is 2.17 bits per heavy atom. The maximum absolute atomic E-state index is 12.1. The van der Waals surface area contributed by atoms with Crippen LogP contribution in [0.2, 0.25) is 0 Å². The van der Waals surface area contributed by atoms with Gasteiger partial charge in [0, 0.05) is 6.54 Å². The van der Waals surface area contributed by atoms with Gasteiger partial charge in [-0.2, -0.15) is 0 Å². The van der Waals surface area contributed by atoms with E-state index in [0.717, 1.165) is 31.8 Å². The van der Waals surface area contributed by atoms with E-state index in [1.807, 2.05) is 18.2 Å². The molecule has 0 bridgehead atoms. The Hall–Kier alpha value is -1.26. The summed E-state index contributed by atoms with van der Waals surface area (Å²) in [5.41, 5.74) is 1.22. The van der Waals surface area contributed by atoms with Gasteiger partial charge in [-0.3, -0.25) is 4.79 Å². The van der Waals surface area contributed by atoms with Gasteiger partial charge >= 0.3 is 0 Å². The third-order valence-electron chi connectivity index (χ3n) is 4.22. The molecular formula is C18H29ClN2O2. The highest BCUT2D eigenvalue weighted by Gasteiger charge is 2.17. The molecule has 2 unspecified atom stereocenters. The number of hydrogen-bond acceptors (Lipinski definition) is 3. The van der Waals surface area contributed by atoms with Gasteiger partial charge in [-0.15, -0.1) is 12.4 Å². The van der Waals surface area contributed by atoms with E-state index in [4.69, 9.17) is 4.74 Å². The molecule has 1 aliphatic heterocycles. The first-order valence-corrected chi connectivity index (χ1v) is 8.31. The van der Waals surface area contributed by atoms with Gasteiger partial charge in [0.25, 0.3) is 5.91 Å². The summed E-state index contributed by atoms with van der Waals surface area (Å²) >= 11 is 0. The minimum atomic E-state index is -0.468. The van der Waals surface area contributed by atoms with Crippen LogP contribution in [0.25, 0.3) is 0 Å². The fourth-order valence-electron chi connectivity index (χ4n) is 2.71. The van der Waals surface area contributed by atoms with Crippen molar-refractivity contribution < 1.29 is 9.53 Å². The van der Waals surface area contributed by atoms with Gasteiger partial charge in [0.15, 0.2) is 6.10 Å². The first-order chi connectivity index (χ1) is 10.6. The molecule has 0 aliphatic carbocycles. The maximum Gasteiger partial charge on any atom is 0.260 e. The Kier molecular flexibility index (Phi) is 8.42. The van der Waals surface area contributed by atoms with Gasteiger partial charge in [0.1, 0.15) is 5.75 Å². The Bertz CT molecular complexity index is 488. The van der Waals surface area contributed by atoms with Crippen molar-refractivity contribution in [2.24, 2.45) is 5.92 Å². The van der Waals surface area contributed by atoms with Crippen LogP contribution >= 0.6 is 12.4 Å². The van der Waals surface area contributed by atoms with E-state index in [1.54, 1.807) is 6.92 Å². The van der Waals surface area contributed by atoms with E-state index in [2.05, 4.69) is 30.5 Å². The zero-order chi connectivity index (χ0) is 15.9. The van der Waals surface area contributed by atoms with Crippen molar-refractivity contribution in [2.45, 2.75) is 45.6 Å². The largest absolute Gasteiger partial charge is 0.481 e. The zero-order valence-electron chi connectivity index (χ0n) is 14.3. The molecule has 2 N–H and O–H groups in total. The van der Waals surface area contributed by atoms with Crippen molar-refractivity contribution in [3.8, 4) is 5.75 Å². The van der Waals surface area contributed by atoms with Crippen LogP contribution in [0.3, 0.4) is 0 Å². The lowest BCUT2D eigenvalue weighted by molar-refractivity contribution is -0.127. The van der Waals surface area contributed by atoms with Crippen molar-refractivity contribution in [3.05, 3.63) is 29.8 Å². The number of carbonyl (C=O) groups excluding carboxylic acids is 1. The van der Waals surface area contributed by atoms with E-state index in [-0.39, 0.29) is 18.3 Å². The second kappa shape index (κ2) is 9.78. The summed E-state index contributed by atoms with van der Waals surface area (Å²) < 4.78 is 5.77. The van der Waals surface area contributed by atoms with Crippen LogP contribution in [0.5, 0.6) is 5.75 Å². The normalized spacial score (nSPS) is 18.3. The molecule has 1 aromatic carbocycles. The Morgan fingerprint density at radius 3 is 2.83 bits per heavy atom. The number of ether oxygens (including phenoxy) is 1. The van der Waals surface area contributed by atoms with Crippen LogP contribution in [-0.4, -0.2) is 31.6 Å². The number of benzene rings is 1. The topological polar surface area (TPSA) is 50.4 Å². The van der Waals surface area contributed by atoms with Gasteiger partial charge in [0.05, 0.1) is 0 Å². The summed E-state index contributed by atoms with van der Waals surface area (Å²) in [4.78, 5) is 12.1. The van der Waals surface area contributed by atoms with Gasteiger partial charge in [-0.05, 0) is 62.4 Å². The molecule has 1 aliphatic rings. The highest BCUT2D eigenvalue weighted by molar-refractivity contribution is 5.85. The molecule has 1 saturated heterocycles. The van der Waals surface area contributed by atoms with Gasteiger partial charge in [-0.1, -0.05) is 26.0 Å². The minimum Gasteiger partial charge on any atom is -0.481 e. The Labute approximate surface area is 145 Å². The van der Waals surface area contributed by atoms with E-state index < -0.39 is 6.10 Å². The second-order valence-corrected chi connectivity index (χ2v) is 6.43. The number of halogens is 1. The highest BCUT2D eigenvalue weighted by Crippen LogP contribution is 2.21. The molecule has 1 heterocycles. The third kappa shape index (κ3) is 6.40. The van der Waals surface area contributed by atoms with E-state index in [9.17, 15) is 4.79 Å². The highest BCUT2D eigenvalue weighted by atomic mass is 35.5. The molecule has 0 saturated carbocycles.